The van der Waals surface area contributed by atoms with Crippen LogP contribution in [0.3, 0.4) is 0 Å². The Morgan fingerprint density at radius 3 is 2.45 bits per heavy atom. The van der Waals surface area contributed by atoms with Gasteiger partial charge in [-0.15, -0.1) is 12.4 Å². The lowest BCUT2D eigenvalue weighted by Gasteiger charge is -2.36. The molecule has 0 amide bonds. The molecule has 0 aromatic heterocycles. The zero-order valence-corrected chi connectivity index (χ0v) is 18.4. The van der Waals surface area contributed by atoms with Crippen molar-refractivity contribution in [2.24, 2.45) is 0 Å². The van der Waals surface area contributed by atoms with Crippen LogP contribution >= 0.6 is 24.0 Å². The van der Waals surface area contributed by atoms with Gasteiger partial charge in [0.1, 0.15) is 17.9 Å². The van der Waals surface area contributed by atoms with Crippen molar-refractivity contribution in [2.75, 3.05) is 51.3 Å². The van der Waals surface area contributed by atoms with E-state index in [9.17, 15) is 18.0 Å². The summed E-state index contributed by atoms with van der Waals surface area (Å²) in [5.41, 5.74) is 0.175. The molecule has 5 nitrogen and oxygen atoms in total. The minimum absolute atomic E-state index is 0. The number of esters is 1. The average molecular weight is 479 g/mol. The van der Waals surface area contributed by atoms with Crippen LogP contribution in [-0.4, -0.2) is 57.3 Å². The quantitative estimate of drug-likeness (QED) is 0.559. The molecular formula is C21H23Cl2F3N2O3. The highest BCUT2D eigenvalue weighted by Gasteiger charge is 2.31. The van der Waals surface area contributed by atoms with Gasteiger partial charge in [0, 0.05) is 43.4 Å². The van der Waals surface area contributed by atoms with Gasteiger partial charge in [0.05, 0.1) is 12.7 Å². The molecule has 1 aliphatic rings. The third-order valence-electron chi connectivity index (χ3n) is 4.93. The van der Waals surface area contributed by atoms with Crippen LogP contribution in [0.25, 0.3) is 0 Å². The van der Waals surface area contributed by atoms with Crippen LogP contribution in [0.15, 0.2) is 42.5 Å². The normalized spacial score (nSPS) is 14.7. The molecular weight excluding hydrogens is 456 g/mol. The van der Waals surface area contributed by atoms with Crippen molar-refractivity contribution in [3.8, 4) is 5.75 Å². The summed E-state index contributed by atoms with van der Waals surface area (Å²) in [5.74, 6) is -0.129. The van der Waals surface area contributed by atoms with E-state index in [0.717, 1.165) is 6.07 Å². The smallest absolute Gasteiger partial charge is 0.416 e. The van der Waals surface area contributed by atoms with E-state index >= 15 is 0 Å². The van der Waals surface area contributed by atoms with Gasteiger partial charge in [-0.2, -0.15) is 13.2 Å². The van der Waals surface area contributed by atoms with E-state index in [0.29, 0.717) is 49.2 Å². The molecule has 0 radical (unpaired) electrons. The molecule has 2 aromatic carbocycles. The summed E-state index contributed by atoms with van der Waals surface area (Å²) in [6, 6.07) is 10.1. The summed E-state index contributed by atoms with van der Waals surface area (Å²) in [4.78, 5) is 16.3. The number of rotatable bonds is 6. The van der Waals surface area contributed by atoms with Gasteiger partial charge in [-0.05, 0) is 36.4 Å². The van der Waals surface area contributed by atoms with Crippen LogP contribution in [0.2, 0.25) is 5.02 Å². The Morgan fingerprint density at radius 2 is 1.81 bits per heavy atom. The molecule has 0 unspecified atom stereocenters. The number of nitrogens with zero attached hydrogens (tertiary/aromatic N) is 2. The van der Waals surface area contributed by atoms with Gasteiger partial charge in [-0.3, -0.25) is 4.90 Å². The van der Waals surface area contributed by atoms with Crippen LogP contribution in [-0.2, 0) is 10.9 Å². The van der Waals surface area contributed by atoms with Gasteiger partial charge < -0.3 is 14.4 Å². The van der Waals surface area contributed by atoms with Crippen molar-refractivity contribution >= 4 is 35.7 Å². The molecule has 0 aliphatic carbocycles. The van der Waals surface area contributed by atoms with E-state index in [1.54, 1.807) is 18.2 Å². The maximum absolute atomic E-state index is 12.9. The van der Waals surface area contributed by atoms with Gasteiger partial charge in [0.25, 0.3) is 0 Å². The molecule has 0 bridgehead atoms. The summed E-state index contributed by atoms with van der Waals surface area (Å²) >= 11 is 5.93. The maximum Gasteiger partial charge on any atom is 0.416 e. The minimum Gasteiger partial charge on any atom is -0.496 e. The Labute approximate surface area is 190 Å². The first-order chi connectivity index (χ1) is 14.3. The van der Waals surface area contributed by atoms with Crippen molar-refractivity contribution in [3.05, 3.63) is 58.6 Å². The largest absolute Gasteiger partial charge is 0.496 e. The van der Waals surface area contributed by atoms with Crippen LogP contribution in [0.5, 0.6) is 5.75 Å². The molecule has 0 saturated carbocycles. The Hall–Kier alpha value is -2.16. The van der Waals surface area contributed by atoms with Crippen molar-refractivity contribution < 1.29 is 27.4 Å². The number of alkyl halides is 3. The fraction of sp³-hybridized carbons (Fsp3) is 0.381. The highest BCUT2D eigenvalue weighted by Crippen LogP contribution is 2.32. The topological polar surface area (TPSA) is 42.0 Å². The molecule has 170 valence electrons. The molecule has 0 spiro atoms. The number of anilines is 1. The molecule has 0 atom stereocenters. The number of benzene rings is 2. The predicted octanol–water partition coefficient (Wildman–Crippen LogP) is 4.77. The van der Waals surface area contributed by atoms with Crippen LogP contribution in [0, 0.1) is 0 Å². The second-order valence-electron chi connectivity index (χ2n) is 6.86. The summed E-state index contributed by atoms with van der Waals surface area (Å²) in [6.45, 7) is 3.24. The molecule has 1 saturated heterocycles. The molecule has 3 rings (SSSR count). The Balaban J connectivity index is 0.00000341. The second-order valence-corrected chi connectivity index (χ2v) is 7.29. The Bertz CT molecular complexity index is 888. The zero-order valence-electron chi connectivity index (χ0n) is 16.8. The molecule has 31 heavy (non-hydrogen) atoms. The van der Waals surface area contributed by atoms with Crippen molar-refractivity contribution in [1.82, 2.24) is 4.90 Å². The summed E-state index contributed by atoms with van der Waals surface area (Å²) in [6.07, 6.45) is -4.35. The number of halogens is 5. The number of hydrogen-bond donors (Lipinski definition) is 0. The van der Waals surface area contributed by atoms with Crippen LogP contribution in [0.4, 0.5) is 18.9 Å². The number of hydrogen-bond acceptors (Lipinski definition) is 5. The second kappa shape index (κ2) is 10.9. The average Bonchev–Trinajstić information content (AvgIpc) is 2.73. The highest BCUT2D eigenvalue weighted by atomic mass is 35.5. The highest BCUT2D eigenvalue weighted by molar-refractivity contribution is 6.31. The number of carbonyl (C=O) groups is 1. The van der Waals surface area contributed by atoms with Crippen molar-refractivity contribution in [1.29, 1.82) is 0 Å². The fourth-order valence-electron chi connectivity index (χ4n) is 3.29. The maximum atomic E-state index is 12.9. The van der Waals surface area contributed by atoms with Crippen LogP contribution < -0.4 is 9.64 Å². The number of piperazine rings is 1. The lowest BCUT2D eigenvalue weighted by molar-refractivity contribution is -0.137. The van der Waals surface area contributed by atoms with Gasteiger partial charge >= 0.3 is 12.1 Å². The third-order valence-corrected chi connectivity index (χ3v) is 5.17. The zero-order chi connectivity index (χ0) is 21.7. The Morgan fingerprint density at radius 1 is 1.10 bits per heavy atom. The number of methoxy groups -OCH3 is 1. The van der Waals surface area contributed by atoms with Gasteiger partial charge in [0.15, 0.2) is 0 Å². The van der Waals surface area contributed by atoms with Gasteiger partial charge in [-0.25, -0.2) is 4.79 Å². The number of carbonyl (C=O) groups excluding carboxylic acids is 1. The van der Waals surface area contributed by atoms with E-state index in [-0.39, 0.29) is 24.6 Å². The standard InChI is InChI=1S/C21H22ClF3N2O3.ClH/c1-29-19-6-5-16(22)14-18(19)20(28)30-12-11-26-7-9-27(10-8-26)17-4-2-3-15(13-17)21(23,24)25;/h2-6,13-14H,7-12H2,1H3;1H. The summed E-state index contributed by atoms with van der Waals surface area (Å²) < 4.78 is 49.2. The van der Waals surface area contributed by atoms with Gasteiger partial charge in [-0.1, -0.05) is 17.7 Å². The first-order valence-electron chi connectivity index (χ1n) is 9.43. The third kappa shape index (κ3) is 6.66. The molecule has 1 fully saturated rings. The lowest BCUT2D eigenvalue weighted by Crippen LogP contribution is -2.47. The van der Waals surface area contributed by atoms with Crippen molar-refractivity contribution in [3.63, 3.8) is 0 Å². The van der Waals surface area contributed by atoms with E-state index in [2.05, 4.69) is 4.90 Å². The van der Waals surface area contributed by atoms with E-state index in [1.807, 2.05) is 4.90 Å². The van der Waals surface area contributed by atoms with Gasteiger partial charge in [0.2, 0.25) is 0 Å². The monoisotopic (exact) mass is 478 g/mol. The van der Waals surface area contributed by atoms with Crippen molar-refractivity contribution in [2.45, 2.75) is 6.18 Å². The molecule has 0 N–H and O–H groups in total. The molecule has 10 heteroatoms. The van der Waals surface area contributed by atoms with Crippen LogP contribution in [0.1, 0.15) is 15.9 Å². The first kappa shape index (κ1) is 25.1. The van der Waals surface area contributed by atoms with E-state index in [4.69, 9.17) is 21.1 Å². The molecule has 1 aliphatic heterocycles. The van der Waals surface area contributed by atoms with E-state index in [1.165, 1.54) is 25.3 Å². The minimum atomic E-state index is -4.35. The Kier molecular flexibility index (Phi) is 8.85. The number of ether oxygens (including phenoxy) is 2. The lowest BCUT2D eigenvalue weighted by atomic mass is 10.1. The summed E-state index contributed by atoms with van der Waals surface area (Å²) in [7, 11) is 1.46. The predicted molar refractivity (Wildman–Crippen MR) is 116 cm³/mol. The first-order valence-corrected chi connectivity index (χ1v) is 9.81. The molecule has 2 aromatic rings. The SMILES string of the molecule is COc1ccc(Cl)cc1C(=O)OCCN1CCN(c2cccc(C(F)(F)F)c2)CC1.Cl. The van der Waals surface area contributed by atoms with E-state index < -0.39 is 17.7 Å². The fourth-order valence-corrected chi connectivity index (χ4v) is 3.47. The molecule has 1 heterocycles. The summed E-state index contributed by atoms with van der Waals surface area (Å²) in [5, 5.41) is 0.411.